The summed E-state index contributed by atoms with van der Waals surface area (Å²) in [5, 5.41) is 49.0. The molecule has 0 amide bonds. The van der Waals surface area contributed by atoms with Gasteiger partial charge < -0.3 is 30.2 Å². The predicted octanol–water partition coefficient (Wildman–Crippen LogP) is 30.8. The molecule has 734 valence electrons. The van der Waals surface area contributed by atoms with Gasteiger partial charge >= 0.3 is 51.7 Å². The Morgan fingerprint density at radius 1 is 0.190 bits per heavy atom. The number of para-hydroxylation sites is 1. The summed E-state index contributed by atoms with van der Waals surface area (Å²) in [6, 6.07) is 147. The van der Waals surface area contributed by atoms with Crippen LogP contribution in [-0.2, 0) is 99.5 Å². The molecule has 0 radical (unpaired) electrons. The molecule has 18 aromatic carbocycles. The largest absolute Gasteiger partial charge is 4.00 e. The van der Waals surface area contributed by atoms with Crippen molar-refractivity contribution < 1.29 is 72.1 Å². The van der Waals surface area contributed by atoms with Gasteiger partial charge in [-0.05, 0) is 166 Å². The van der Waals surface area contributed by atoms with Crippen molar-refractivity contribution >= 4 is 0 Å². The van der Waals surface area contributed by atoms with Crippen molar-refractivity contribution in [3.05, 3.63) is 611 Å². The van der Waals surface area contributed by atoms with E-state index in [1.54, 1.807) is 0 Å². The second kappa shape index (κ2) is 50.4. The second-order valence-electron chi connectivity index (χ2n) is 39.6. The third kappa shape index (κ3) is 25.1. The van der Waals surface area contributed by atoms with E-state index in [1.165, 1.54) is 89.0 Å². The first-order valence-electron chi connectivity index (χ1n) is 50.0. The molecule has 0 heterocycles. The van der Waals surface area contributed by atoms with Crippen LogP contribution in [0, 0.1) is 62.3 Å². The van der Waals surface area contributed by atoms with Crippen LogP contribution in [0.25, 0.3) is 44.5 Å². The Kier molecular flexibility index (Phi) is 37.8. The molecule has 4 aliphatic carbocycles. The Bertz CT molecular complexity index is 6740. The normalized spacial score (nSPS) is 12.8. The van der Waals surface area contributed by atoms with Crippen LogP contribution in [0.3, 0.4) is 0 Å². The van der Waals surface area contributed by atoms with E-state index in [0.717, 1.165) is 121 Å². The molecule has 0 saturated heterocycles. The van der Waals surface area contributed by atoms with E-state index in [9.17, 15) is 20.4 Å². The summed E-state index contributed by atoms with van der Waals surface area (Å²) >= 11 is 0. The van der Waals surface area contributed by atoms with Crippen LogP contribution in [-0.4, -0.2) is 94.4 Å². The van der Waals surface area contributed by atoms with Gasteiger partial charge in [0.1, 0.15) is 23.0 Å². The van der Waals surface area contributed by atoms with Crippen LogP contribution in [0.5, 0.6) is 23.0 Å². The van der Waals surface area contributed by atoms with Gasteiger partial charge in [0.2, 0.25) is 0 Å². The molecule has 8 nitrogen and oxygen atoms in total. The Morgan fingerprint density at radius 2 is 0.354 bits per heavy atom. The SMILES string of the molecule is Cc1cc(CN(CCN(C)C)Cc2cc(C)cc(C3(C)c4ccccc4-c4ccccc43)c2O)c(O)c(C2(C)c3ccccc3-c3ccccc32)c1.Cc1cc(CN(CCN(C)C)Cc2cccc(C3(C)c4ccccc4-c4ccccc43)c2O)c(O)c(C2(C)c3ccccc3-c3ccccc32)c1.[CH2-]c1ccccc1.[CH2-]c1ccccc1.[CH2-]c1ccccc1.[CH2-]c1ccccc1.[CH2-]c1ccccc1.[CH2-]c1ccccc1.[Hf+4].[Hf+4]. The Labute approximate surface area is 913 Å². The first-order valence-corrected chi connectivity index (χ1v) is 50.0. The third-order valence-corrected chi connectivity index (χ3v) is 28.5. The third-order valence-electron chi connectivity index (χ3n) is 28.5. The van der Waals surface area contributed by atoms with Gasteiger partial charge in [-0.3, -0.25) is 9.80 Å². The molecule has 0 fully saturated rings. The van der Waals surface area contributed by atoms with Crippen molar-refractivity contribution in [3.63, 3.8) is 0 Å². The van der Waals surface area contributed by atoms with Crippen LogP contribution >= 0.6 is 0 Å². The van der Waals surface area contributed by atoms with Crippen molar-refractivity contribution in [2.75, 3.05) is 54.4 Å². The van der Waals surface area contributed by atoms with Crippen molar-refractivity contribution in [2.24, 2.45) is 0 Å². The molecule has 0 bridgehead atoms. The fourth-order valence-electron chi connectivity index (χ4n) is 21.1. The number of aromatic hydroxyl groups is 4. The standard InChI is InChI=1S/C48H48N2O2.C47H46N2O2.6C7H7.2Hf/c1-31-25-33(45(51)43(27-31)47(3)39-19-11-7-15-35(39)36-16-8-12-20-40(36)47)29-50(24-23-49(5)6)30-34-26-32(2)28-44(46(34)52)48(4)41-21-13-9-17-37(41)38-18-10-14-22-42(38)48;1-31-27-33(45(51)43(28-31)47(3)40-22-12-8-18-36(40)37-19-9-13-23-41(37)47)30-49(26-25-48(4)5)29-32-15-14-24-42(44(32)50)46(2)38-20-10-6-16-34(38)35-17-7-11-21-39(35)46;6*1-7-5-3-2-4-6-7;;/h7-22,25-28,51-52H,23-24,29-30H2,1-6H3;6-24,27-28,50-51H,25-26,29-30H2,1-5H3;6*2-6H,1H2;;/q;;6*-1;2*+4. The average Bonchev–Trinajstić information content (AvgIpc) is 2.42. The fourth-order valence-corrected chi connectivity index (χ4v) is 21.1. The van der Waals surface area contributed by atoms with Crippen LogP contribution in [0.15, 0.2) is 431 Å². The van der Waals surface area contributed by atoms with Crippen molar-refractivity contribution in [2.45, 2.75) is 96.3 Å². The summed E-state index contributed by atoms with van der Waals surface area (Å²) in [7, 11) is 8.36. The van der Waals surface area contributed by atoms with Crippen molar-refractivity contribution in [3.8, 4) is 67.5 Å². The fraction of sp³-hybridized carbons (Fsp3) is 0.168. The number of nitrogens with zero attached hydrogens (tertiary/aromatic N) is 4. The smallest absolute Gasteiger partial charge is 0.507 e. The van der Waals surface area contributed by atoms with E-state index in [1.807, 2.05) is 188 Å². The predicted molar refractivity (Wildman–Crippen MR) is 607 cm³/mol. The number of hydrogen-bond donors (Lipinski definition) is 4. The quantitative estimate of drug-likeness (QED) is 0.0499. The molecule has 4 N–H and O–H groups in total. The molecule has 0 saturated carbocycles. The molecule has 4 aliphatic rings. The van der Waals surface area contributed by atoms with Crippen molar-refractivity contribution in [1.82, 2.24) is 19.6 Å². The van der Waals surface area contributed by atoms with Crippen LogP contribution in [0.1, 0.15) is 167 Å². The average molecular weight is 2260 g/mol. The van der Waals surface area contributed by atoms with Gasteiger partial charge in [0.15, 0.2) is 0 Å². The first kappa shape index (κ1) is 110. The second-order valence-corrected chi connectivity index (χ2v) is 39.6. The Balaban J connectivity index is 0.000000173. The summed E-state index contributed by atoms with van der Waals surface area (Å²) in [4.78, 5) is 9.10. The summed E-state index contributed by atoms with van der Waals surface area (Å²) in [5.41, 5.74) is 34.6. The monoisotopic (exact) mass is 2260 g/mol. The van der Waals surface area contributed by atoms with Gasteiger partial charge in [0, 0.05) is 119 Å². The molecule has 147 heavy (non-hydrogen) atoms. The maximum atomic E-state index is 12.3. The summed E-state index contributed by atoms with van der Waals surface area (Å²) in [6.45, 7) is 43.1. The Hall–Kier alpha value is -14.0. The van der Waals surface area contributed by atoms with E-state index in [4.69, 9.17) is 0 Å². The minimum Gasteiger partial charge on any atom is -0.507 e. The van der Waals surface area contributed by atoms with E-state index in [-0.39, 0.29) is 51.7 Å². The van der Waals surface area contributed by atoms with Gasteiger partial charge in [-0.15, -0.1) is 72.8 Å². The van der Waals surface area contributed by atoms with Gasteiger partial charge in [0.05, 0.1) is 0 Å². The van der Waals surface area contributed by atoms with Crippen LogP contribution < -0.4 is 0 Å². The van der Waals surface area contributed by atoms with Crippen LogP contribution in [0.2, 0.25) is 0 Å². The topological polar surface area (TPSA) is 93.9 Å². The van der Waals surface area contributed by atoms with E-state index >= 15 is 0 Å². The van der Waals surface area contributed by atoms with Gasteiger partial charge in [-0.25, -0.2) is 0 Å². The molecule has 18 aromatic rings. The zero-order valence-electron chi connectivity index (χ0n) is 87.0. The maximum Gasteiger partial charge on any atom is 4.00 e. The van der Waals surface area contributed by atoms with Gasteiger partial charge in [-0.2, -0.15) is 148 Å². The number of likely N-dealkylation sites (N-methyl/N-ethyl adjacent to an activating group) is 2. The van der Waals surface area contributed by atoms with Gasteiger partial charge in [-0.1, -0.05) is 302 Å². The molecule has 10 heteroatoms. The van der Waals surface area contributed by atoms with E-state index in [0.29, 0.717) is 49.2 Å². The molecule has 0 unspecified atom stereocenters. The number of phenolic OH excluding ortho intramolecular Hbond substituents is 4. The number of hydrogen-bond acceptors (Lipinski definition) is 8. The minimum atomic E-state index is -0.500. The van der Waals surface area contributed by atoms with E-state index in [2.05, 4.69) is 380 Å². The number of fused-ring (bicyclic) bond motifs is 12. The molecule has 0 atom stereocenters. The van der Waals surface area contributed by atoms with Crippen LogP contribution in [0.4, 0.5) is 0 Å². The van der Waals surface area contributed by atoms with Gasteiger partial charge in [0.25, 0.3) is 0 Å². The zero-order chi connectivity index (χ0) is 103. The summed E-state index contributed by atoms with van der Waals surface area (Å²) in [6.07, 6.45) is 0. The first-order chi connectivity index (χ1) is 70.0. The zero-order valence-corrected chi connectivity index (χ0v) is 94.2. The number of aryl methyl sites for hydroxylation is 3. The van der Waals surface area contributed by atoms with E-state index < -0.39 is 21.7 Å². The molecule has 0 aliphatic heterocycles. The summed E-state index contributed by atoms with van der Waals surface area (Å²) < 4.78 is 0. The molecular weight excluding hydrogens is 2120 g/mol. The summed E-state index contributed by atoms with van der Waals surface area (Å²) in [5.74, 6) is 1.36. The molecule has 0 aromatic heterocycles. The number of phenols is 4. The molecule has 22 rings (SSSR count). The molecular formula is C137H136Hf2N4O4+2. The minimum absolute atomic E-state index is 0. The number of benzene rings is 18. The molecule has 0 spiro atoms. The number of rotatable bonds is 18. The Morgan fingerprint density at radius 3 is 0.537 bits per heavy atom. The maximum absolute atomic E-state index is 12.3. The van der Waals surface area contributed by atoms with Crippen molar-refractivity contribution in [1.29, 1.82) is 0 Å².